The largest absolute Gasteiger partial charge is 0.396 e. The maximum absolute atomic E-state index is 12.0. The number of anilines is 1. The fourth-order valence-corrected chi connectivity index (χ4v) is 3.15. The van der Waals surface area contributed by atoms with Crippen LogP contribution in [0.5, 0.6) is 0 Å². The van der Waals surface area contributed by atoms with Gasteiger partial charge in [0, 0.05) is 37.3 Å². The number of pyridine rings is 1. The van der Waals surface area contributed by atoms with Crippen molar-refractivity contribution in [2.75, 3.05) is 11.9 Å². The molecule has 1 aliphatic rings. The van der Waals surface area contributed by atoms with E-state index in [1.165, 1.54) is 0 Å². The minimum Gasteiger partial charge on any atom is -0.396 e. The van der Waals surface area contributed by atoms with Crippen molar-refractivity contribution in [3.05, 3.63) is 65.5 Å². The van der Waals surface area contributed by atoms with E-state index >= 15 is 0 Å². The molecule has 0 aliphatic heterocycles. The molecule has 9 heteroatoms. The third-order valence-electron chi connectivity index (χ3n) is 4.39. The molecule has 3 N–H and O–H groups in total. The van der Waals surface area contributed by atoms with E-state index in [1.807, 2.05) is 35.2 Å². The van der Waals surface area contributed by atoms with Gasteiger partial charge in [-0.1, -0.05) is 17.7 Å². The number of carbonyl (C=O) groups is 1. The van der Waals surface area contributed by atoms with Crippen LogP contribution in [0.3, 0.4) is 0 Å². The van der Waals surface area contributed by atoms with Gasteiger partial charge in [-0.15, -0.1) is 5.10 Å². The van der Waals surface area contributed by atoms with Gasteiger partial charge >= 0.3 is 0 Å². The van der Waals surface area contributed by atoms with Crippen molar-refractivity contribution in [1.29, 1.82) is 0 Å². The molecular formula is C19H18ClN7O. The molecule has 3 aromatic heterocycles. The molecular weight excluding hydrogens is 378 g/mol. The number of nitrogens with one attached hydrogen (secondary N) is 1. The Morgan fingerprint density at radius 2 is 2.18 bits per heavy atom. The average Bonchev–Trinajstić information content (AvgIpc) is 3.33. The summed E-state index contributed by atoms with van der Waals surface area (Å²) in [5, 5.41) is 7.87. The summed E-state index contributed by atoms with van der Waals surface area (Å²) in [6.45, 7) is 3.05. The highest BCUT2D eigenvalue weighted by molar-refractivity contribution is 6.49. The molecule has 28 heavy (non-hydrogen) atoms. The van der Waals surface area contributed by atoms with E-state index in [4.69, 9.17) is 22.3 Å². The Bertz CT molecular complexity index is 1140. The van der Waals surface area contributed by atoms with E-state index in [-0.39, 0.29) is 16.5 Å². The molecule has 3 aromatic rings. The highest BCUT2D eigenvalue weighted by Crippen LogP contribution is 2.31. The molecule has 0 fully saturated rings. The van der Waals surface area contributed by atoms with Crippen LogP contribution in [-0.4, -0.2) is 37.2 Å². The number of allylic oxidation sites excluding steroid dienone is 3. The lowest BCUT2D eigenvalue weighted by atomic mass is 10.0. The molecule has 0 spiro atoms. The molecule has 0 amide bonds. The number of halogens is 1. The summed E-state index contributed by atoms with van der Waals surface area (Å²) < 4.78 is 3.71. The number of hydrogen-bond donors (Lipinski definition) is 2. The van der Waals surface area contributed by atoms with Crippen molar-refractivity contribution < 1.29 is 4.79 Å². The van der Waals surface area contributed by atoms with Crippen LogP contribution in [0.15, 0.2) is 70.5 Å². The monoisotopic (exact) mass is 395 g/mol. The smallest absolute Gasteiger partial charge is 0.202 e. The van der Waals surface area contributed by atoms with Crippen LogP contribution in [0.25, 0.3) is 5.52 Å². The topological polar surface area (TPSA) is 103 Å². The highest BCUT2D eigenvalue weighted by Gasteiger charge is 2.23. The molecule has 0 saturated heterocycles. The van der Waals surface area contributed by atoms with Crippen molar-refractivity contribution in [2.45, 2.75) is 13.5 Å². The SMILES string of the molecule is CC1=CC(=Nc2c(NCCn3ccnc3)nn3ccccc23)C(N)=C(Cl)C1=O. The summed E-state index contributed by atoms with van der Waals surface area (Å²) in [5.41, 5.74) is 8.58. The fourth-order valence-electron chi connectivity index (χ4n) is 2.91. The number of aromatic nitrogens is 4. The van der Waals surface area contributed by atoms with Crippen molar-refractivity contribution in [1.82, 2.24) is 19.2 Å². The maximum atomic E-state index is 12.0. The third-order valence-corrected chi connectivity index (χ3v) is 4.77. The van der Waals surface area contributed by atoms with Gasteiger partial charge in [0.1, 0.15) is 10.7 Å². The van der Waals surface area contributed by atoms with Gasteiger partial charge in [0.2, 0.25) is 5.78 Å². The standard InChI is InChI=1S/C19H18ClN7O/c1-12-10-13(16(21)15(20)18(12)28)24-17-14-4-2-3-7-27(14)25-19(17)23-6-9-26-8-5-22-11-26/h2-5,7-8,10-11H,6,9,21H2,1H3,(H,23,25). The van der Waals surface area contributed by atoms with E-state index in [1.54, 1.807) is 30.0 Å². The lowest BCUT2D eigenvalue weighted by Gasteiger charge is -2.13. The van der Waals surface area contributed by atoms with Crippen LogP contribution in [0.4, 0.5) is 11.5 Å². The number of ketones is 1. The Morgan fingerprint density at radius 1 is 1.32 bits per heavy atom. The minimum atomic E-state index is -0.281. The first kappa shape index (κ1) is 18.0. The van der Waals surface area contributed by atoms with Gasteiger partial charge in [-0.05, 0) is 25.1 Å². The van der Waals surface area contributed by atoms with Crippen molar-refractivity contribution >= 4 is 40.1 Å². The second-order valence-electron chi connectivity index (χ2n) is 6.34. The molecule has 0 aromatic carbocycles. The van der Waals surface area contributed by atoms with Crippen molar-refractivity contribution in [3.63, 3.8) is 0 Å². The molecule has 0 radical (unpaired) electrons. The average molecular weight is 396 g/mol. The second kappa shape index (κ2) is 7.32. The molecule has 0 atom stereocenters. The Hall–Kier alpha value is -3.39. The first-order chi connectivity index (χ1) is 13.5. The van der Waals surface area contributed by atoms with Gasteiger partial charge in [-0.25, -0.2) is 14.5 Å². The van der Waals surface area contributed by atoms with Crippen LogP contribution in [-0.2, 0) is 11.3 Å². The van der Waals surface area contributed by atoms with E-state index in [0.717, 1.165) is 12.1 Å². The van der Waals surface area contributed by atoms with Gasteiger partial charge in [-0.3, -0.25) is 4.79 Å². The summed E-state index contributed by atoms with van der Waals surface area (Å²) in [6, 6.07) is 5.72. The number of nitrogens with two attached hydrogens (primary N) is 1. The second-order valence-corrected chi connectivity index (χ2v) is 6.71. The fraction of sp³-hybridized carbons (Fsp3) is 0.158. The number of aliphatic imine (C=N–C) groups is 1. The first-order valence-electron chi connectivity index (χ1n) is 8.69. The minimum absolute atomic E-state index is 0.00941. The van der Waals surface area contributed by atoms with Gasteiger partial charge in [-0.2, -0.15) is 0 Å². The van der Waals surface area contributed by atoms with Crippen LogP contribution < -0.4 is 11.1 Å². The van der Waals surface area contributed by atoms with Crippen LogP contribution in [0, 0.1) is 0 Å². The third kappa shape index (κ3) is 3.29. The Labute approximate surface area is 166 Å². The number of carbonyl (C=O) groups excluding carboxylic acids is 1. The normalized spacial score (nSPS) is 16.1. The van der Waals surface area contributed by atoms with Crippen LogP contribution in [0.1, 0.15) is 6.92 Å². The predicted molar refractivity (Wildman–Crippen MR) is 109 cm³/mol. The van der Waals surface area contributed by atoms with Gasteiger partial charge in [0.15, 0.2) is 5.82 Å². The zero-order chi connectivity index (χ0) is 19.7. The zero-order valence-electron chi connectivity index (χ0n) is 15.1. The molecule has 0 saturated carbocycles. The number of Topliss-reactive ketones (excluding diaryl/α,β-unsaturated/α-hetero) is 1. The summed E-state index contributed by atoms with van der Waals surface area (Å²) in [4.78, 5) is 20.7. The Kier molecular flexibility index (Phi) is 4.70. The lowest BCUT2D eigenvalue weighted by Crippen LogP contribution is -2.21. The van der Waals surface area contributed by atoms with Gasteiger partial charge in [0.05, 0.1) is 23.3 Å². The van der Waals surface area contributed by atoms with E-state index in [9.17, 15) is 4.79 Å². The number of fused-ring (bicyclic) bond motifs is 1. The van der Waals surface area contributed by atoms with E-state index < -0.39 is 0 Å². The predicted octanol–water partition coefficient (Wildman–Crippen LogP) is 2.65. The zero-order valence-corrected chi connectivity index (χ0v) is 15.9. The number of rotatable bonds is 5. The lowest BCUT2D eigenvalue weighted by molar-refractivity contribution is -0.111. The molecule has 142 valence electrons. The number of nitrogens with zero attached hydrogens (tertiary/aromatic N) is 5. The molecule has 1 aliphatic carbocycles. The summed E-state index contributed by atoms with van der Waals surface area (Å²) in [7, 11) is 0. The van der Waals surface area contributed by atoms with E-state index in [0.29, 0.717) is 29.3 Å². The van der Waals surface area contributed by atoms with Crippen LogP contribution >= 0.6 is 11.6 Å². The molecule has 8 nitrogen and oxygen atoms in total. The van der Waals surface area contributed by atoms with E-state index in [2.05, 4.69) is 15.4 Å². The number of hydrogen-bond acceptors (Lipinski definition) is 6. The van der Waals surface area contributed by atoms with Crippen molar-refractivity contribution in [3.8, 4) is 0 Å². The van der Waals surface area contributed by atoms with Gasteiger partial charge in [0.25, 0.3) is 0 Å². The molecule has 0 bridgehead atoms. The summed E-state index contributed by atoms with van der Waals surface area (Å²) >= 11 is 6.08. The quantitative estimate of drug-likeness (QED) is 0.646. The number of imidazole rings is 1. The van der Waals surface area contributed by atoms with Crippen LogP contribution in [0.2, 0.25) is 0 Å². The maximum Gasteiger partial charge on any atom is 0.202 e. The Balaban J connectivity index is 1.72. The summed E-state index contributed by atoms with van der Waals surface area (Å²) in [6.07, 6.45) is 8.88. The van der Waals surface area contributed by atoms with Gasteiger partial charge < -0.3 is 15.6 Å². The molecule has 3 heterocycles. The highest BCUT2D eigenvalue weighted by atomic mass is 35.5. The summed E-state index contributed by atoms with van der Waals surface area (Å²) in [5.74, 6) is 0.336. The Morgan fingerprint density at radius 3 is 2.96 bits per heavy atom. The first-order valence-corrected chi connectivity index (χ1v) is 9.06. The molecule has 4 rings (SSSR count). The molecule has 0 unspecified atom stereocenters. The van der Waals surface area contributed by atoms with Crippen molar-refractivity contribution in [2.24, 2.45) is 10.7 Å².